The molecule has 0 radical (unpaired) electrons. The van der Waals surface area contributed by atoms with E-state index in [9.17, 15) is 0 Å². The van der Waals surface area contributed by atoms with Crippen molar-refractivity contribution in [3.8, 4) is 5.69 Å². The number of hydrogen-bond donors (Lipinski definition) is 0. The number of allylic oxidation sites excluding steroid dienone is 2. The van der Waals surface area contributed by atoms with Crippen molar-refractivity contribution in [1.29, 1.82) is 0 Å². The van der Waals surface area contributed by atoms with Crippen molar-refractivity contribution in [1.82, 2.24) is 4.57 Å². The molecule has 0 aliphatic carbocycles. The highest BCUT2D eigenvalue weighted by atomic mass is 16.3. The first-order valence-electron chi connectivity index (χ1n) is 9.50. The third-order valence-electron chi connectivity index (χ3n) is 5.43. The minimum Gasteiger partial charge on any atom is -0.456 e. The van der Waals surface area contributed by atoms with Crippen molar-refractivity contribution in [2.75, 3.05) is 0 Å². The molecule has 0 atom stereocenters. The van der Waals surface area contributed by atoms with Crippen LogP contribution in [0.2, 0.25) is 0 Å². The van der Waals surface area contributed by atoms with Gasteiger partial charge in [0, 0.05) is 33.1 Å². The van der Waals surface area contributed by atoms with Crippen molar-refractivity contribution in [3.05, 3.63) is 96.2 Å². The van der Waals surface area contributed by atoms with Crippen LogP contribution in [0.1, 0.15) is 16.8 Å². The van der Waals surface area contributed by atoms with Crippen LogP contribution < -0.4 is 0 Å². The van der Waals surface area contributed by atoms with Gasteiger partial charge < -0.3 is 8.98 Å². The van der Waals surface area contributed by atoms with Crippen LogP contribution in [0.5, 0.6) is 0 Å². The quantitative estimate of drug-likeness (QED) is 0.307. The minimum absolute atomic E-state index is 0.918. The number of benzene rings is 3. The Morgan fingerprint density at radius 2 is 1.68 bits per heavy atom. The van der Waals surface area contributed by atoms with Gasteiger partial charge in [-0.2, -0.15) is 0 Å². The Morgan fingerprint density at radius 3 is 2.54 bits per heavy atom. The molecule has 0 N–H and O–H groups in total. The monoisotopic (exact) mass is 363 g/mol. The molecule has 136 valence electrons. The lowest BCUT2D eigenvalue weighted by Crippen LogP contribution is -1.96. The lowest BCUT2D eigenvalue weighted by molar-refractivity contribution is 0.669. The van der Waals surface area contributed by atoms with E-state index >= 15 is 0 Å². The van der Waals surface area contributed by atoms with E-state index in [4.69, 9.17) is 4.42 Å². The summed E-state index contributed by atoms with van der Waals surface area (Å²) in [5.74, 6) is 0. The average molecular weight is 363 g/mol. The van der Waals surface area contributed by atoms with Crippen LogP contribution in [-0.4, -0.2) is 4.57 Å². The predicted molar refractivity (Wildman–Crippen MR) is 119 cm³/mol. The largest absolute Gasteiger partial charge is 0.456 e. The van der Waals surface area contributed by atoms with Crippen molar-refractivity contribution >= 4 is 38.9 Å². The van der Waals surface area contributed by atoms with E-state index in [1.165, 1.54) is 27.7 Å². The summed E-state index contributed by atoms with van der Waals surface area (Å²) >= 11 is 0. The summed E-state index contributed by atoms with van der Waals surface area (Å²) in [6.07, 6.45) is 5.97. The SMILES string of the molecule is C=C/C=C\c1c(C)n(-c2ccc3oc4ccccc4c3c2)c2ccc(C)cc12. The molecule has 2 nitrogen and oxygen atoms in total. The number of para-hydroxylation sites is 1. The molecule has 5 aromatic rings. The molecule has 0 saturated heterocycles. The summed E-state index contributed by atoms with van der Waals surface area (Å²) in [6, 6.07) is 21.3. The maximum atomic E-state index is 6.00. The Labute approximate surface area is 164 Å². The lowest BCUT2D eigenvalue weighted by Gasteiger charge is -2.09. The molecular formula is C26H21NO. The molecule has 0 aliphatic heterocycles. The molecule has 0 amide bonds. The van der Waals surface area contributed by atoms with Gasteiger partial charge in [0.2, 0.25) is 0 Å². The molecule has 3 aromatic carbocycles. The third-order valence-corrected chi connectivity index (χ3v) is 5.43. The molecule has 2 heterocycles. The first-order chi connectivity index (χ1) is 13.7. The maximum Gasteiger partial charge on any atom is 0.135 e. The molecule has 0 saturated carbocycles. The van der Waals surface area contributed by atoms with Gasteiger partial charge in [-0.25, -0.2) is 0 Å². The van der Waals surface area contributed by atoms with Gasteiger partial charge >= 0.3 is 0 Å². The van der Waals surface area contributed by atoms with Crippen LogP contribution >= 0.6 is 0 Å². The van der Waals surface area contributed by atoms with Gasteiger partial charge in [0.25, 0.3) is 0 Å². The van der Waals surface area contributed by atoms with Crippen LogP contribution in [0.4, 0.5) is 0 Å². The Balaban J connectivity index is 1.83. The molecule has 5 rings (SSSR count). The van der Waals surface area contributed by atoms with E-state index in [0.29, 0.717) is 0 Å². The molecule has 0 spiro atoms. The van der Waals surface area contributed by atoms with E-state index in [0.717, 1.165) is 27.6 Å². The number of nitrogens with zero attached hydrogens (tertiary/aromatic N) is 1. The third kappa shape index (κ3) is 2.42. The number of aromatic nitrogens is 1. The second-order valence-electron chi connectivity index (χ2n) is 7.23. The highest BCUT2D eigenvalue weighted by molar-refractivity contribution is 6.05. The molecule has 0 bridgehead atoms. The Hall–Kier alpha value is -3.52. The van der Waals surface area contributed by atoms with Gasteiger partial charge in [-0.15, -0.1) is 0 Å². The zero-order chi connectivity index (χ0) is 19.3. The molecule has 0 fully saturated rings. The zero-order valence-electron chi connectivity index (χ0n) is 16.1. The van der Waals surface area contributed by atoms with Gasteiger partial charge in [-0.05, 0) is 50.2 Å². The topological polar surface area (TPSA) is 18.1 Å². The number of rotatable bonds is 3. The Kier molecular flexibility index (Phi) is 3.73. The molecule has 2 aromatic heterocycles. The molecule has 2 heteroatoms. The fourth-order valence-electron chi connectivity index (χ4n) is 4.12. The van der Waals surface area contributed by atoms with Gasteiger partial charge in [0.05, 0.1) is 5.52 Å². The van der Waals surface area contributed by atoms with E-state index in [2.05, 4.69) is 79.6 Å². The minimum atomic E-state index is 0.918. The van der Waals surface area contributed by atoms with Crippen LogP contribution in [0.25, 0.3) is 44.6 Å². The first-order valence-corrected chi connectivity index (χ1v) is 9.50. The van der Waals surface area contributed by atoms with Crippen molar-refractivity contribution in [2.24, 2.45) is 0 Å². The van der Waals surface area contributed by atoms with E-state index in [-0.39, 0.29) is 0 Å². The molecule has 0 aliphatic rings. The molecule has 0 unspecified atom stereocenters. The number of aryl methyl sites for hydroxylation is 1. The summed E-state index contributed by atoms with van der Waals surface area (Å²) in [5.41, 5.74) is 7.90. The first kappa shape index (κ1) is 16.6. The number of hydrogen-bond acceptors (Lipinski definition) is 1. The highest BCUT2D eigenvalue weighted by Gasteiger charge is 2.15. The average Bonchev–Trinajstić information content (AvgIpc) is 3.20. The summed E-state index contributed by atoms with van der Waals surface area (Å²) in [5, 5.41) is 3.55. The molecule has 28 heavy (non-hydrogen) atoms. The van der Waals surface area contributed by atoms with Crippen LogP contribution in [0.15, 0.2) is 83.8 Å². The smallest absolute Gasteiger partial charge is 0.135 e. The fraction of sp³-hybridized carbons (Fsp3) is 0.0769. The molecular weight excluding hydrogens is 342 g/mol. The number of fused-ring (bicyclic) bond motifs is 4. The zero-order valence-corrected chi connectivity index (χ0v) is 16.1. The Bertz CT molecular complexity index is 1390. The second kappa shape index (κ2) is 6.28. The highest BCUT2D eigenvalue weighted by Crippen LogP contribution is 2.34. The van der Waals surface area contributed by atoms with Crippen LogP contribution in [-0.2, 0) is 0 Å². The second-order valence-corrected chi connectivity index (χ2v) is 7.23. The fourth-order valence-corrected chi connectivity index (χ4v) is 4.12. The summed E-state index contributed by atoms with van der Waals surface area (Å²) < 4.78 is 8.34. The van der Waals surface area contributed by atoms with Crippen LogP contribution in [0.3, 0.4) is 0 Å². The van der Waals surface area contributed by atoms with Crippen LogP contribution in [0, 0.1) is 13.8 Å². The summed E-state index contributed by atoms with van der Waals surface area (Å²) in [6.45, 7) is 8.13. The van der Waals surface area contributed by atoms with E-state index in [1.807, 2.05) is 24.3 Å². The van der Waals surface area contributed by atoms with Gasteiger partial charge in [-0.1, -0.05) is 54.6 Å². The normalized spacial score (nSPS) is 11.9. The maximum absolute atomic E-state index is 6.00. The van der Waals surface area contributed by atoms with E-state index < -0.39 is 0 Å². The standard InChI is InChI=1S/C26H21NO/c1-4-5-8-20-18(3)27(24-13-11-17(2)15-22(20)24)19-12-14-26-23(16-19)21-9-6-7-10-25(21)28-26/h4-16H,1H2,2-3H3/b8-5-. The van der Waals surface area contributed by atoms with Gasteiger partial charge in [0.15, 0.2) is 0 Å². The van der Waals surface area contributed by atoms with E-state index in [1.54, 1.807) is 0 Å². The summed E-state index contributed by atoms with van der Waals surface area (Å²) in [4.78, 5) is 0. The van der Waals surface area contributed by atoms with Gasteiger partial charge in [0.1, 0.15) is 11.2 Å². The summed E-state index contributed by atoms with van der Waals surface area (Å²) in [7, 11) is 0. The van der Waals surface area contributed by atoms with Crippen molar-refractivity contribution < 1.29 is 4.42 Å². The van der Waals surface area contributed by atoms with Gasteiger partial charge in [-0.3, -0.25) is 0 Å². The number of furan rings is 1. The lowest BCUT2D eigenvalue weighted by atomic mass is 10.1. The van der Waals surface area contributed by atoms with Crippen molar-refractivity contribution in [3.63, 3.8) is 0 Å². The van der Waals surface area contributed by atoms with Crippen molar-refractivity contribution in [2.45, 2.75) is 13.8 Å². The Morgan fingerprint density at radius 1 is 0.857 bits per heavy atom. The predicted octanol–water partition coefficient (Wildman–Crippen LogP) is 7.35.